The van der Waals surface area contributed by atoms with Crippen molar-refractivity contribution in [1.82, 2.24) is 66.8 Å². The maximum Gasteiger partial charge on any atom is 0.351 e. The fourth-order valence-electron chi connectivity index (χ4n) is 8.86. The van der Waals surface area contributed by atoms with Crippen LogP contribution in [-0.2, 0) is 30.4 Å². The van der Waals surface area contributed by atoms with Gasteiger partial charge in [-0.1, -0.05) is 62.5 Å². The van der Waals surface area contributed by atoms with Gasteiger partial charge in [-0.2, -0.15) is 0 Å². The molecule has 0 saturated heterocycles. The molecule has 0 aliphatic heterocycles. The number of benzene rings is 2. The Morgan fingerprint density at radius 2 is 1.37 bits per heavy atom. The molecule has 0 radical (unpaired) electrons. The number of aryl methyl sites for hydroxylation is 1. The molecule has 0 fully saturated rings. The van der Waals surface area contributed by atoms with Gasteiger partial charge in [0.05, 0.1) is 42.6 Å². The molecule has 0 saturated carbocycles. The van der Waals surface area contributed by atoms with Gasteiger partial charge in [0.2, 0.25) is 18.2 Å². The van der Waals surface area contributed by atoms with Gasteiger partial charge in [0.15, 0.2) is 0 Å². The Bertz CT molecular complexity index is 4230. The number of hydrogen-bond donors (Lipinski definition) is 12. The van der Waals surface area contributed by atoms with Gasteiger partial charge in [0.25, 0.3) is 23.6 Å². The summed E-state index contributed by atoms with van der Waals surface area (Å²) >= 11 is 6.80. The van der Waals surface area contributed by atoms with E-state index in [9.17, 15) is 58.8 Å². The third-order valence-corrected chi connectivity index (χ3v) is 19.2. The fraction of sp³-hybridized carbons (Fsp3) is 0.203. The second-order valence-corrected chi connectivity index (χ2v) is 25.7. The first-order valence-electron chi connectivity index (χ1n) is 27.2. The number of nitrogens with two attached hydrogens (primary N) is 1. The molecular weight excluding hydrogens is 1310 g/mol. The number of aromatic nitrogens is 7. The van der Waals surface area contributed by atoms with Gasteiger partial charge in [0, 0.05) is 55.9 Å². The molecule has 33 heteroatoms. The Morgan fingerprint density at radius 1 is 0.685 bits per heavy atom. The second kappa shape index (κ2) is 29.9. The number of pyridine rings is 1. The number of aromatic hydroxyl groups is 1. The quantitative estimate of drug-likeness (QED) is 0.0203. The van der Waals surface area contributed by atoms with Crippen molar-refractivity contribution in [2.45, 2.75) is 63.1 Å². The van der Waals surface area contributed by atoms with Crippen molar-refractivity contribution < 1.29 is 63.9 Å². The van der Waals surface area contributed by atoms with Crippen LogP contribution in [0.5, 0.6) is 5.75 Å². The predicted octanol–water partition coefficient (Wildman–Crippen LogP) is 5.52. The lowest BCUT2D eigenvalue weighted by atomic mass is 9.95. The largest absolute Gasteiger partial charge is 0.508 e. The first-order valence-corrected chi connectivity index (χ1v) is 32.5. The zero-order chi connectivity index (χ0) is 65.9. The van der Waals surface area contributed by atoms with Crippen LogP contribution in [0.2, 0.25) is 0 Å². The summed E-state index contributed by atoms with van der Waals surface area (Å²) in [6, 6.07) is 13.2. The number of amides is 7. The summed E-state index contributed by atoms with van der Waals surface area (Å²) in [4.78, 5) is 136. The monoisotopic (exact) mass is 1360 g/mol. The van der Waals surface area contributed by atoms with E-state index in [0.29, 0.717) is 70.8 Å². The van der Waals surface area contributed by atoms with Crippen LogP contribution >= 0.6 is 68.0 Å². The highest BCUT2D eigenvalue weighted by Gasteiger charge is 2.35. The Balaban J connectivity index is 0.963. The number of nitrogens with zero attached hydrogens (tertiary/aromatic N) is 7. The number of aliphatic hydroxyl groups excluding tert-OH is 3. The number of aliphatic hydroxyl groups is 3. The second-order valence-electron chi connectivity index (χ2n) is 20.1. The first-order chi connectivity index (χ1) is 44.1. The van der Waals surface area contributed by atoms with E-state index in [-0.39, 0.29) is 45.7 Å². The average molecular weight is 1360 g/mol. The maximum atomic E-state index is 14.8. The number of carbonyl (C=O) groups excluding carboxylic acids is 7. The molecule has 0 aliphatic rings. The summed E-state index contributed by atoms with van der Waals surface area (Å²) < 4.78 is 0. The number of hydrogen-bond acceptors (Lipinski definition) is 25. The number of carbonyl (C=O) groups is 8. The number of phenols is 1. The Hall–Kier alpha value is -9.71. The van der Waals surface area contributed by atoms with Crippen LogP contribution in [0, 0.1) is 12.8 Å². The van der Waals surface area contributed by atoms with Crippen molar-refractivity contribution in [1.29, 1.82) is 0 Å². The maximum absolute atomic E-state index is 14.8. The predicted molar refractivity (Wildman–Crippen MR) is 343 cm³/mol. The number of carboxylic acids is 1. The molecule has 7 unspecified atom stereocenters. The van der Waals surface area contributed by atoms with Gasteiger partial charge in [-0.3, -0.25) is 33.6 Å². The van der Waals surface area contributed by atoms with E-state index in [4.69, 9.17) is 25.8 Å². The van der Waals surface area contributed by atoms with E-state index >= 15 is 0 Å². The molecule has 7 atom stereocenters. The number of phenolic OH excluding ortho intramolecular Hbond substituents is 1. The average Bonchev–Trinajstić information content (AvgIpc) is 1.65. The van der Waals surface area contributed by atoms with Crippen LogP contribution in [0.15, 0.2) is 124 Å². The van der Waals surface area contributed by atoms with Crippen molar-refractivity contribution >= 4 is 116 Å². The molecule has 7 heterocycles. The van der Waals surface area contributed by atoms with E-state index in [1.807, 2.05) is 5.32 Å². The van der Waals surface area contributed by atoms with E-state index in [0.717, 1.165) is 45.3 Å². The first kappa shape index (κ1) is 66.7. The van der Waals surface area contributed by atoms with Crippen molar-refractivity contribution in [3.05, 3.63) is 172 Å². The molecule has 9 rings (SSSR count). The molecule has 0 spiro atoms. The highest BCUT2D eigenvalue weighted by molar-refractivity contribution is 7.15. The fourth-order valence-corrected chi connectivity index (χ4v) is 14.0. The minimum Gasteiger partial charge on any atom is -0.508 e. The van der Waals surface area contributed by atoms with E-state index in [2.05, 4.69) is 59.7 Å². The van der Waals surface area contributed by atoms with E-state index in [1.54, 1.807) is 90.8 Å². The normalized spacial score (nSPS) is 13.4. The molecule has 92 heavy (non-hydrogen) atoms. The zero-order valence-electron chi connectivity index (χ0n) is 48.1. The Kier molecular flexibility index (Phi) is 21.7. The number of carboxylic acid groups (broad SMARTS) is 1. The van der Waals surface area contributed by atoms with E-state index < -0.39 is 102 Å². The van der Waals surface area contributed by atoms with Gasteiger partial charge in [-0.05, 0) is 42.3 Å². The summed E-state index contributed by atoms with van der Waals surface area (Å²) in [5, 5.41) is 77.8. The number of primary amides is 1. The smallest absolute Gasteiger partial charge is 0.351 e. The van der Waals surface area contributed by atoms with Gasteiger partial charge < -0.3 is 63.2 Å². The van der Waals surface area contributed by atoms with Crippen LogP contribution in [0.1, 0.15) is 100 Å². The lowest BCUT2D eigenvalue weighted by molar-refractivity contribution is -0.134. The van der Waals surface area contributed by atoms with Crippen LogP contribution in [0.4, 0.5) is 0 Å². The summed E-state index contributed by atoms with van der Waals surface area (Å²) in [5.74, 6) is -7.24. The number of nitrogens with one attached hydrogen (secondary N) is 6. The Labute approximate surface area is 546 Å². The van der Waals surface area contributed by atoms with Crippen LogP contribution < -0.4 is 37.6 Å². The van der Waals surface area contributed by atoms with Gasteiger partial charge >= 0.3 is 5.97 Å². The molecule has 7 aromatic heterocycles. The standard InChI is InChI=1S/C59H54N14O13S6/c1-26(41(77)20-74)43(57-70-40(24-91-57)55-67-37(21-88-55)45-33(53-61-16-17-87-53)14-15-34(65-45)54-68-38(22-89-54)50(82)63-27(2)48(80)64-28(3)59(85)86)71-49(81)35(18-30-10-12-32(76)13-11-30)66-51(83)39-23-90-58(69-39)46(47(79)31-8-6-5-7-9-31)72-52(84)44-29(4)92-56(73-44)36(62-25-75)19-42(60)78/h5-17,21-26,35-36,41,43,46-47,74,76-77,79H,2-3,18-20H2,1,4H3,(H2,60,78)(H,62,75)(H,63,82)(H,64,80)(H,66,83)(H,71,81)(H,72,84)(H,85,86). The minimum absolute atomic E-state index is 0.0540. The van der Waals surface area contributed by atoms with Crippen molar-refractivity contribution in [3.63, 3.8) is 0 Å². The molecule has 0 aliphatic carbocycles. The van der Waals surface area contributed by atoms with Crippen LogP contribution in [0.25, 0.3) is 43.4 Å². The SMILES string of the molecule is C=C(NC(=O)C(=C)NC(=O)c1csc(-c2ccc(-c3nccs3)c(-c3csc(-c4csc(C(NC(=O)C(Cc5ccc(O)cc5)NC(=O)c5csc(C(NC(=O)c6nc(C(CC(N)=O)NC=O)sc6C)C(O)c6ccccc6)n5)C(C)C(O)CO)n4)n3)n2)n1)C(=O)O. The van der Waals surface area contributed by atoms with Crippen molar-refractivity contribution in [2.75, 3.05) is 6.61 Å². The lowest BCUT2D eigenvalue weighted by Gasteiger charge is -2.28. The lowest BCUT2D eigenvalue weighted by Crippen LogP contribution is -2.50. The number of aliphatic carboxylic acids is 1. The van der Waals surface area contributed by atoms with Crippen molar-refractivity contribution in [3.8, 4) is 49.1 Å². The zero-order valence-corrected chi connectivity index (χ0v) is 53.0. The molecule has 27 nitrogen and oxygen atoms in total. The van der Waals surface area contributed by atoms with E-state index in [1.165, 1.54) is 45.6 Å². The third-order valence-electron chi connectivity index (χ3n) is 13.7. The number of thiazole rings is 6. The third kappa shape index (κ3) is 16.1. The highest BCUT2D eigenvalue weighted by Crippen LogP contribution is 2.39. The molecule has 0 bridgehead atoms. The van der Waals surface area contributed by atoms with Crippen molar-refractivity contribution in [2.24, 2.45) is 11.7 Å². The highest BCUT2D eigenvalue weighted by atomic mass is 32.1. The summed E-state index contributed by atoms with van der Waals surface area (Å²) in [6.07, 6.45) is -1.20. The topological polar surface area (TPSA) is 426 Å². The van der Waals surface area contributed by atoms with Crippen LogP contribution in [-0.4, -0.2) is 127 Å². The summed E-state index contributed by atoms with van der Waals surface area (Å²) in [6.45, 7) is 9.26. The minimum atomic E-state index is -1.47. The summed E-state index contributed by atoms with van der Waals surface area (Å²) in [7, 11) is 0. The molecule has 13 N–H and O–H groups in total. The van der Waals surface area contributed by atoms with Gasteiger partial charge in [0.1, 0.15) is 93.8 Å². The molecule has 474 valence electrons. The Morgan fingerprint density at radius 3 is 2.07 bits per heavy atom. The molecule has 7 amide bonds. The molecule has 9 aromatic rings. The van der Waals surface area contributed by atoms with Gasteiger partial charge in [-0.15, -0.1) is 68.0 Å². The number of rotatable bonds is 29. The molecule has 2 aromatic carbocycles. The van der Waals surface area contributed by atoms with Gasteiger partial charge in [-0.25, -0.2) is 39.7 Å². The summed E-state index contributed by atoms with van der Waals surface area (Å²) in [5.41, 5.74) is 7.07. The molecular formula is C59H54N14O13S6. The van der Waals surface area contributed by atoms with Crippen LogP contribution in [0.3, 0.4) is 0 Å².